The van der Waals surface area contributed by atoms with Gasteiger partial charge in [0.05, 0.1) is 23.7 Å². The number of rotatable bonds is 5. The molecular weight excluding hydrogens is 260 g/mol. The molecule has 0 aliphatic rings. The van der Waals surface area contributed by atoms with Crippen molar-refractivity contribution < 1.29 is 9.53 Å². The van der Waals surface area contributed by atoms with Crippen molar-refractivity contribution in [2.75, 3.05) is 13.2 Å². The fourth-order valence-corrected chi connectivity index (χ4v) is 2.14. The minimum Gasteiger partial charge on any atom is -0.370 e. The van der Waals surface area contributed by atoms with Gasteiger partial charge in [-0.3, -0.25) is 13.9 Å². The predicted molar refractivity (Wildman–Crippen MR) is 75.1 cm³/mol. The highest BCUT2D eigenvalue weighted by Crippen LogP contribution is 2.18. The zero-order chi connectivity index (χ0) is 14.9. The van der Waals surface area contributed by atoms with Gasteiger partial charge in [0.2, 0.25) is 5.91 Å². The highest BCUT2D eigenvalue weighted by molar-refractivity contribution is 5.77. The maximum atomic E-state index is 11.8. The molecule has 0 spiro atoms. The van der Waals surface area contributed by atoms with E-state index in [1.165, 1.54) is 0 Å². The van der Waals surface area contributed by atoms with Gasteiger partial charge in [0, 0.05) is 14.1 Å². The van der Waals surface area contributed by atoms with Gasteiger partial charge in [-0.15, -0.1) is 0 Å². The maximum Gasteiger partial charge on any atom is 0.328 e. The molecule has 0 radical (unpaired) electrons. The molecule has 108 valence electrons. The number of nitrogens with zero attached hydrogens (tertiary/aromatic N) is 2. The maximum absolute atomic E-state index is 11.8. The van der Waals surface area contributed by atoms with Crippen LogP contribution >= 0.6 is 0 Å². The second kappa shape index (κ2) is 5.48. The zero-order valence-electron chi connectivity index (χ0n) is 11.5. The van der Waals surface area contributed by atoms with Gasteiger partial charge in [0.25, 0.3) is 0 Å². The number of imidazole rings is 1. The monoisotopic (exact) mass is 278 g/mol. The normalized spacial score (nSPS) is 12.8. The Balaban J connectivity index is 2.25. The number of primary amides is 1. The van der Waals surface area contributed by atoms with Crippen molar-refractivity contribution in [3.05, 3.63) is 34.2 Å². The molecule has 2 rings (SSSR count). The van der Waals surface area contributed by atoms with Gasteiger partial charge in [0.1, 0.15) is 6.61 Å². The van der Waals surface area contributed by atoms with Crippen LogP contribution in [0, 0.1) is 0 Å². The number of aromatic nitrogens is 2. The number of ether oxygens (including phenoxy) is 1. The number of fused-ring (bicyclic) bond motifs is 1. The predicted octanol–water partition coefficient (Wildman–Crippen LogP) is -0.621. The number of hydrogen-bond donors (Lipinski definition) is 2. The average molecular weight is 278 g/mol. The van der Waals surface area contributed by atoms with E-state index in [0.717, 1.165) is 16.6 Å². The first-order valence-corrected chi connectivity index (χ1v) is 6.18. The van der Waals surface area contributed by atoms with Crippen LogP contribution in [0.25, 0.3) is 11.0 Å². The Labute approximate surface area is 115 Å². The molecule has 20 heavy (non-hydrogen) atoms. The molecule has 2 aromatic rings. The molecule has 1 amide bonds. The summed E-state index contributed by atoms with van der Waals surface area (Å²) in [6.07, 6.45) is 0. The minimum absolute atomic E-state index is 0.0873. The molecule has 1 unspecified atom stereocenters. The van der Waals surface area contributed by atoms with Crippen LogP contribution in [0.15, 0.2) is 23.0 Å². The summed E-state index contributed by atoms with van der Waals surface area (Å²) < 4.78 is 8.25. The molecule has 0 saturated carbocycles. The molecule has 1 heterocycles. The van der Waals surface area contributed by atoms with Crippen molar-refractivity contribution in [2.45, 2.75) is 6.04 Å². The summed E-state index contributed by atoms with van der Waals surface area (Å²) in [4.78, 5) is 22.4. The van der Waals surface area contributed by atoms with Gasteiger partial charge >= 0.3 is 5.69 Å². The van der Waals surface area contributed by atoms with E-state index >= 15 is 0 Å². The van der Waals surface area contributed by atoms with Crippen LogP contribution in [-0.4, -0.2) is 28.3 Å². The lowest BCUT2D eigenvalue weighted by Gasteiger charge is -2.12. The molecule has 7 heteroatoms. The van der Waals surface area contributed by atoms with Crippen molar-refractivity contribution in [1.29, 1.82) is 0 Å². The van der Waals surface area contributed by atoms with E-state index in [1.807, 2.05) is 18.2 Å². The zero-order valence-corrected chi connectivity index (χ0v) is 11.5. The fourth-order valence-electron chi connectivity index (χ4n) is 2.14. The Morgan fingerprint density at radius 1 is 1.30 bits per heavy atom. The first kappa shape index (κ1) is 14.3. The van der Waals surface area contributed by atoms with Crippen LogP contribution in [-0.2, 0) is 23.6 Å². The molecule has 0 saturated heterocycles. The largest absolute Gasteiger partial charge is 0.370 e. The summed E-state index contributed by atoms with van der Waals surface area (Å²) in [5.41, 5.74) is 13.4. The summed E-state index contributed by atoms with van der Waals surface area (Å²) in [5, 5.41) is 0. The van der Waals surface area contributed by atoms with Crippen LogP contribution in [0.3, 0.4) is 0 Å². The molecule has 1 aromatic carbocycles. The lowest BCUT2D eigenvalue weighted by molar-refractivity contribution is -0.122. The number of carbonyl (C=O) groups excluding carboxylic acids is 1. The van der Waals surface area contributed by atoms with E-state index in [4.69, 9.17) is 16.2 Å². The Morgan fingerprint density at radius 3 is 2.60 bits per heavy atom. The second-order valence-electron chi connectivity index (χ2n) is 4.74. The number of nitrogens with two attached hydrogens (primary N) is 2. The minimum atomic E-state index is -0.530. The number of amides is 1. The van der Waals surface area contributed by atoms with E-state index < -0.39 is 5.91 Å². The molecule has 0 bridgehead atoms. The molecular formula is C13H18N4O3. The van der Waals surface area contributed by atoms with Crippen molar-refractivity contribution in [3.8, 4) is 0 Å². The standard InChI is InChI=1S/C13H18N4O3/c1-16-10-4-3-8(5-11(10)17(2)13(16)19)9(14)6-20-7-12(15)18/h3-5,9H,6-7,14H2,1-2H3,(H2,15,18). The van der Waals surface area contributed by atoms with Crippen molar-refractivity contribution >= 4 is 16.9 Å². The summed E-state index contributed by atoms with van der Waals surface area (Å²) in [5.74, 6) is -0.530. The third kappa shape index (κ3) is 2.59. The van der Waals surface area contributed by atoms with Crippen molar-refractivity contribution in [1.82, 2.24) is 9.13 Å². The summed E-state index contributed by atoms with van der Waals surface area (Å²) in [6.45, 7) is 0.0367. The van der Waals surface area contributed by atoms with E-state index in [1.54, 1.807) is 23.2 Å². The summed E-state index contributed by atoms with van der Waals surface area (Å²) in [7, 11) is 3.43. The van der Waals surface area contributed by atoms with Gasteiger partial charge in [-0.25, -0.2) is 4.79 Å². The first-order valence-electron chi connectivity index (χ1n) is 6.18. The van der Waals surface area contributed by atoms with E-state index in [0.29, 0.717) is 0 Å². The van der Waals surface area contributed by atoms with Crippen LogP contribution in [0.1, 0.15) is 11.6 Å². The van der Waals surface area contributed by atoms with Gasteiger partial charge in [-0.05, 0) is 17.7 Å². The third-order valence-corrected chi connectivity index (χ3v) is 3.27. The Bertz CT molecular complexity index is 701. The lowest BCUT2D eigenvalue weighted by Crippen LogP contribution is -2.23. The number of hydrogen-bond acceptors (Lipinski definition) is 4. The summed E-state index contributed by atoms with van der Waals surface area (Å²) in [6, 6.07) is 5.17. The Hall–Kier alpha value is -2.12. The van der Waals surface area contributed by atoms with E-state index in [-0.39, 0.29) is 24.9 Å². The van der Waals surface area contributed by atoms with Gasteiger partial charge in [0.15, 0.2) is 0 Å². The van der Waals surface area contributed by atoms with Gasteiger partial charge in [-0.1, -0.05) is 6.07 Å². The van der Waals surface area contributed by atoms with Crippen LogP contribution in [0.4, 0.5) is 0 Å². The second-order valence-corrected chi connectivity index (χ2v) is 4.74. The molecule has 1 atom stereocenters. The molecule has 0 aliphatic heterocycles. The third-order valence-electron chi connectivity index (χ3n) is 3.27. The molecule has 0 aliphatic carbocycles. The van der Waals surface area contributed by atoms with E-state index in [9.17, 15) is 9.59 Å². The van der Waals surface area contributed by atoms with Crippen LogP contribution in [0.2, 0.25) is 0 Å². The van der Waals surface area contributed by atoms with Gasteiger partial charge < -0.3 is 16.2 Å². The highest BCUT2D eigenvalue weighted by Gasteiger charge is 2.12. The average Bonchev–Trinajstić information content (AvgIpc) is 2.63. The van der Waals surface area contributed by atoms with Crippen LogP contribution < -0.4 is 17.2 Å². The Kier molecular flexibility index (Phi) is 3.91. The molecule has 1 aromatic heterocycles. The van der Waals surface area contributed by atoms with Crippen LogP contribution in [0.5, 0.6) is 0 Å². The molecule has 7 nitrogen and oxygen atoms in total. The molecule has 4 N–H and O–H groups in total. The topological polar surface area (TPSA) is 105 Å². The highest BCUT2D eigenvalue weighted by atomic mass is 16.5. The first-order chi connectivity index (χ1) is 9.41. The van der Waals surface area contributed by atoms with Gasteiger partial charge in [-0.2, -0.15) is 0 Å². The quantitative estimate of drug-likeness (QED) is 0.760. The smallest absolute Gasteiger partial charge is 0.328 e. The Morgan fingerprint density at radius 2 is 1.95 bits per heavy atom. The SMILES string of the molecule is Cn1c(=O)n(C)c2cc(C(N)COCC(N)=O)ccc21. The summed E-state index contributed by atoms with van der Waals surface area (Å²) >= 11 is 0. The lowest BCUT2D eigenvalue weighted by atomic mass is 10.1. The number of aryl methyl sites for hydroxylation is 2. The van der Waals surface area contributed by atoms with E-state index in [2.05, 4.69) is 0 Å². The van der Waals surface area contributed by atoms with Crippen molar-refractivity contribution in [3.63, 3.8) is 0 Å². The fraction of sp³-hybridized carbons (Fsp3) is 0.385. The molecule has 0 fully saturated rings. The number of benzene rings is 1. The van der Waals surface area contributed by atoms with Crippen molar-refractivity contribution in [2.24, 2.45) is 25.6 Å². The number of carbonyl (C=O) groups is 1.